The van der Waals surface area contributed by atoms with Gasteiger partial charge in [-0.25, -0.2) is 4.79 Å². The molecule has 0 aromatic carbocycles. The summed E-state index contributed by atoms with van der Waals surface area (Å²) >= 11 is 0.916. The summed E-state index contributed by atoms with van der Waals surface area (Å²) in [5.74, 6) is -3.73. The van der Waals surface area contributed by atoms with Crippen molar-refractivity contribution in [2.45, 2.75) is 74.6 Å². The number of amides is 1. The van der Waals surface area contributed by atoms with Crippen LogP contribution in [0, 0.1) is 5.92 Å². The lowest BCUT2D eigenvalue weighted by Crippen LogP contribution is -2.59. The van der Waals surface area contributed by atoms with E-state index in [2.05, 4.69) is 0 Å². The minimum Gasteiger partial charge on any atom is -0.478 e. The van der Waals surface area contributed by atoms with Gasteiger partial charge >= 0.3 is 18.1 Å². The van der Waals surface area contributed by atoms with Crippen molar-refractivity contribution in [2.24, 2.45) is 5.92 Å². The molecule has 0 spiro atoms. The van der Waals surface area contributed by atoms with E-state index in [4.69, 9.17) is 9.84 Å². The van der Waals surface area contributed by atoms with E-state index >= 15 is 0 Å². The fourth-order valence-corrected chi connectivity index (χ4v) is 4.44. The molecule has 1 aliphatic heterocycles. The van der Waals surface area contributed by atoms with Gasteiger partial charge < -0.3 is 35.6 Å². The summed E-state index contributed by atoms with van der Waals surface area (Å²) in [5.41, 5.74) is 0. The van der Waals surface area contributed by atoms with Crippen LogP contribution in [-0.4, -0.2) is 91.8 Å². The molecule has 1 amide bonds. The first-order valence-corrected chi connectivity index (χ1v) is 10.9. The number of carbonyl (C=O) groups is 2. The largest absolute Gasteiger partial charge is 0.478 e. The number of carboxylic acids is 1. The van der Waals surface area contributed by atoms with E-state index in [-0.39, 0.29) is 13.0 Å². The summed E-state index contributed by atoms with van der Waals surface area (Å²) in [4.78, 5) is 20.7. The fourth-order valence-electron chi connectivity index (χ4n) is 3.18. The van der Waals surface area contributed by atoms with Gasteiger partial charge in [-0.2, -0.15) is 13.2 Å². The number of nitrogens with one attached hydrogen (secondary N) is 1. The van der Waals surface area contributed by atoms with Crippen LogP contribution in [0.5, 0.6) is 0 Å². The lowest BCUT2D eigenvalue weighted by molar-refractivity contribution is -0.212. The number of carboxylic acid groups (broad SMARTS) is 1. The smallest absolute Gasteiger partial charge is 0.471 e. The summed E-state index contributed by atoms with van der Waals surface area (Å²) in [6, 6.07) is 0. The monoisotopic (exact) mass is 477 g/mol. The minimum atomic E-state index is -4.91. The van der Waals surface area contributed by atoms with Gasteiger partial charge in [0.15, 0.2) is 0 Å². The van der Waals surface area contributed by atoms with Gasteiger partial charge in [-0.15, -0.1) is 11.8 Å². The zero-order chi connectivity index (χ0) is 23.8. The summed E-state index contributed by atoms with van der Waals surface area (Å²) in [6.07, 6.45) is -8.73. The predicted octanol–water partition coefficient (Wildman–Crippen LogP) is 0.239. The van der Waals surface area contributed by atoms with E-state index < -0.39 is 59.9 Å². The van der Waals surface area contributed by atoms with E-state index in [1.54, 1.807) is 5.32 Å². The van der Waals surface area contributed by atoms with Crippen LogP contribution >= 0.6 is 11.8 Å². The van der Waals surface area contributed by atoms with Crippen LogP contribution in [0.25, 0.3) is 0 Å². The molecular formula is C18H30F3NO8S. The maximum Gasteiger partial charge on any atom is 0.471 e. The average Bonchev–Trinajstić information content (AvgIpc) is 2.70. The zero-order valence-corrected chi connectivity index (χ0v) is 17.9. The molecule has 6 N–H and O–H groups in total. The molecule has 1 aliphatic rings. The van der Waals surface area contributed by atoms with E-state index in [0.717, 1.165) is 11.8 Å². The van der Waals surface area contributed by atoms with Gasteiger partial charge in [0.05, 0.1) is 18.8 Å². The molecule has 9 nitrogen and oxygen atoms in total. The number of ether oxygens (including phenoxy) is 1. The van der Waals surface area contributed by atoms with Gasteiger partial charge in [-0.05, 0) is 18.6 Å². The molecule has 0 aliphatic carbocycles. The van der Waals surface area contributed by atoms with Crippen molar-refractivity contribution in [3.8, 4) is 0 Å². The van der Waals surface area contributed by atoms with Crippen LogP contribution in [0.2, 0.25) is 0 Å². The Bertz CT molecular complexity index is 597. The van der Waals surface area contributed by atoms with Crippen molar-refractivity contribution >= 4 is 23.6 Å². The van der Waals surface area contributed by atoms with Crippen LogP contribution in [0.3, 0.4) is 0 Å². The highest BCUT2D eigenvalue weighted by Crippen LogP contribution is 2.42. The number of aliphatic carboxylic acids is 1. The van der Waals surface area contributed by atoms with Gasteiger partial charge in [0.1, 0.15) is 12.2 Å². The highest BCUT2D eigenvalue weighted by atomic mass is 32.2. The number of thioether (sulfide) groups is 1. The molecule has 1 unspecified atom stereocenters. The van der Waals surface area contributed by atoms with E-state index in [0.29, 0.717) is 31.4 Å². The number of unbranched alkanes of at least 4 members (excludes halogenated alkanes) is 3. The molecule has 6 atom stereocenters. The molecule has 13 heteroatoms. The second-order valence-electron chi connectivity index (χ2n) is 7.53. The van der Waals surface area contributed by atoms with Crippen molar-refractivity contribution in [3.63, 3.8) is 0 Å². The number of halogens is 3. The Morgan fingerprint density at radius 3 is 2.39 bits per heavy atom. The van der Waals surface area contributed by atoms with Gasteiger partial charge in [-0.1, -0.05) is 19.8 Å². The number of hydrogen-bond donors (Lipinski definition) is 6. The minimum absolute atomic E-state index is 0.121. The van der Waals surface area contributed by atoms with Crippen molar-refractivity contribution in [1.82, 2.24) is 5.32 Å². The number of carbonyl (C=O) groups excluding carboxylic acids is 1. The molecule has 0 saturated carbocycles. The SMILES string of the molecule is C[C@H]1C([C@H](O)[C@H](O)CO)O[C@@](SCCCCCCNC(=O)C(F)(F)F)(C(=O)O)C[C@@H]1O. The zero-order valence-electron chi connectivity index (χ0n) is 17.0. The predicted molar refractivity (Wildman–Crippen MR) is 104 cm³/mol. The van der Waals surface area contributed by atoms with Crippen molar-refractivity contribution < 1.29 is 53.0 Å². The quantitative estimate of drug-likeness (QED) is 0.217. The molecule has 0 bridgehead atoms. The van der Waals surface area contributed by atoms with E-state index in [9.17, 15) is 43.2 Å². The third kappa shape index (κ3) is 8.06. The fraction of sp³-hybridized carbons (Fsp3) is 0.889. The lowest BCUT2D eigenvalue weighted by atomic mass is 9.85. The number of aliphatic hydroxyl groups excluding tert-OH is 4. The Kier molecular flexibility index (Phi) is 11.0. The first-order chi connectivity index (χ1) is 14.4. The molecule has 0 aromatic rings. The van der Waals surface area contributed by atoms with Gasteiger partial charge in [0.25, 0.3) is 0 Å². The molecule has 182 valence electrons. The van der Waals surface area contributed by atoms with Crippen LogP contribution in [-0.2, 0) is 14.3 Å². The summed E-state index contributed by atoms with van der Waals surface area (Å²) < 4.78 is 41.8. The standard InChI is InChI=1S/C18H30F3NO8S/c1-10-11(24)8-17(16(28)29,30-14(10)13(26)12(25)9-23)31-7-5-3-2-4-6-22-15(27)18(19,20)21/h10-14,23-26H,2-9H2,1H3,(H,22,27)(H,28,29)/t10-,11+,12-,13-,14?,17+/m1/s1. The highest BCUT2D eigenvalue weighted by molar-refractivity contribution is 8.01. The van der Waals surface area contributed by atoms with Crippen LogP contribution in [0.4, 0.5) is 13.2 Å². The normalized spacial score (nSPS) is 28.7. The topological polar surface area (TPSA) is 157 Å². The van der Waals surface area contributed by atoms with Gasteiger partial charge in [-0.3, -0.25) is 4.79 Å². The number of rotatable bonds is 12. The Morgan fingerprint density at radius 1 is 1.23 bits per heavy atom. The Hall–Kier alpha value is -1.12. The molecule has 0 radical (unpaired) electrons. The Morgan fingerprint density at radius 2 is 1.84 bits per heavy atom. The summed E-state index contributed by atoms with van der Waals surface area (Å²) in [7, 11) is 0. The van der Waals surface area contributed by atoms with Crippen molar-refractivity contribution in [1.29, 1.82) is 0 Å². The van der Waals surface area contributed by atoms with E-state index in [1.165, 1.54) is 6.92 Å². The third-order valence-electron chi connectivity index (χ3n) is 5.12. The molecule has 1 saturated heterocycles. The molecule has 31 heavy (non-hydrogen) atoms. The summed E-state index contributed by atoms with van der Waals surface area (Å²) in [6.45, 7) is 0.654. The second kappa shape index (κ2) is 12.2. The maximum atomic E-state index is 12.1. The average molecular weight is 477 g/mol. The first-order valence-electron chi connectivity index (χ1n) is 9.91. The molecule has 1 heterocycles. The van der Waals surface area contributed by atoms with E-state index in [1.807, 2.05) is 0 Å². The second-order valence-corrected chi connectivity index (χ2v) is 8.88. The molecule has 0 aromatic heterocycles. The van der Waals surface area contributed by atoms with Crippen LogP contribution in [0.1, 0.15) is 39.0 Å². The van der Waals surface area contributed by atoms with Crippen molar-refractivity contribution in [3.05, 3.63) is 0 Å². The van der Waals surface area contributed by atoms with Gasteiger partial charge in [0.2, 0.25) is 4.93 Å². The maximum absolute atomic E-state index is 12.1. The number of alkyl halides is 3. The molecule has 1 rings (SSSR count). The summed E-state index contributed by atoms with van der Waals surface area (Å²) in [5, 5.41) is 50.7. The van der Waals surface area contributed by atoms with Gasteiger partial charge in [0, 0.05) is 18.9 Å². The molecule has 1 fully saturated rings. The highest BCUT2D eigenvalue weighted by Gasteiger charge is 2.53. The number of aliphatic hydroxyl groups is 4. The van der Waals surface area contributed by atoms with Crippen LogP contribution < -0.4 is 5.32 Å². The third-order valence-corrected chi connectivity index (χ3v) is 6.52. The Balaban J connectivity index is 2.52. The number of hydrogen-bond acceptors (Lipinski definition) is 8. The first kappa shape index (κ1) is 27.9. The van der Waals surface area contributed by atoms with Crippen LogP contribution in [0.15, 0.2) is 0 Å². The Labute approximate surface area is 182 Å². The lowest BCUT2D eigenvalue weighted by Gasteiger charge is -2.45. The van der Waals surface area contributed by atoms with Crippen molar-refractivity contribution in [2.75, 3.05) is 18.9 Å². The molecular weight excluding hydrogens is 447 g/mol.